The Kier molecular flexibility index (Phi) is 5.97. The van der Waals surface area contributed by atoms with Gasteiger partial charge in [0.05, 0.1) is 12.3 Å². The van der Waals surface area contributed by atoms with E-state index in [0.717, 1.165) is 22.6 Å². The fourth-order valence-electron chi connectivity index (χ4n) is 3.00. The Bertz CT molecular complexity index is 893. The lowest BCUT2D eigenvalue weighted by Gasteiger charge is -2.29. The molecule has 0 unspecified atom stereocenters. The molecule has 2 aromatic heterocycles. The molecule has 27 heavy (non-hydrogen) atoms. The molecule has 0 aliphatic carbocycles. The van der Waals surface area contributed by atoms with Crippen LogP contribution in [0.1, 0.15) is 26.5 Å². The molecule has 3 rings (SSSR count). The van der Waals surface area contributed by atoms with Crippen LogP contribution in [0.5, 0.6) is 0 Å². The molecule has 0 aliphatic heterocycles. The number of ether oxygens (including phenoxy) is 1. The molecule has 0 saturated carbocycles. The number of carbonyl (C=O) groups is 1. The minimum atomic E-state index is -0.396. The number of hydrogen-bond acceptors (Lipinski definition) is 4. The molecule has 0 N–H and O–H groups in total. The number of benzene rings is 1. The lowest BCUT2D eigenvalue weighted by molar-refractivity contribution is -0.140. The van der Waals surface area contributed by atoms with E-state index in [0.29, 0.717) is 19.7 Å². The van der Waals surface area contributed by atoms with Gasteiger partial charge in [-0.15, -0.1) is 11.3 Å². The number of imidazole rings is 1. The molecule has 0 fully saturated rings. The van der Waals surface area contributed by atoms with Crippen LogP contribution in [0.4, 0.5) is 0 Å². The quantitative estimate of drug-likeness (QED) is 0.614. The molecule has 1 aromatic carbocycles. The van der Waals surface area contributed by atoms with Crippen LogP contribution in [-0.4, -0.2) is 47.0 Å². The minimum Gasteiger partial charge on any atom is -0.383 e. The summed E-state index contributed by atoms with van der Waals surface area (Å²) in [7, 11) is 1.67. The maximum absolute atomic E-state index is 12.7. The van der Waals surface area contributed by atoms with E-state index in [1.165, 1.54) is 5.69 Å². The van der Waals surface area contributed by atoms with Crippen LogP contribution in [0.15, 0.2) is 41.9 Å². The Balaban J connectivity index is 1.77. The van der Waals surface area contributed by atoms with Crippen molar-refractivity contribution in [3.8, 4) is 11.3 Å². The molecule has 3 aromatic rings. The number of nitrogens with zero attached hydrogens (tertiary/aromatic N) is 3. The number of methoxy groups -OCH3 is 1. The number of fused-ring (bicyclic) bond motifs is 1. The Hall–Kier alpha value is -2.18. The number of carbonyl (C=O) groups excluding carboxylic acids is 1. The van der Waals surface area contributed by atoms with Crippen molar-refractivity contribution in [2.24, 2.45) is 5.41 Å². The largest absolute Gasteiger partial charge is 0.383 e. The molecule has 1 amide bonds. The highest BCUT2D eigenvalue weighted by molar-refractivity contribution is 7.15. The second kappa shape index (κ2) is 8.23. The summed E-state index contributed by atoms with van der Waals surface area (Å²) in [6, 6.07) is 10.2. The molecule has 0 bridgehead atoms. The Labute approximate surface area is 164 Å². The number of aromatic nitrogens is 2. The van der Waals surface area contributed by atoms with Crippen molar-refractivity contribution in [2.75, 3.05) is 26.8 Å². The van der Waals surface area contributed by atoms with Crippen LogP contribution in [0.2, 0.25) is 0 Å². The van der Waals surface area contributed by atoms with Crippen LogP contribution in [-0.2, 0) is 16.0 Å². The van der Waals surface area contributed by atoms with Crippen LogP contribution >= 0.6 is 11.3 Å². The standard InChI is InChI=1S/C21H27N3O2S/c1-21(2,3)19(25)23(12-13-26-4)11-10-17-15-27-20-22-18(14-24(17)20)16-8-6-5-7-9-16/h5-9,14-15H,10-13H2,1-4H3. The van der Waals surface area contributed by atoms with Gasteiger partial charge in [-0.05, 0) is 0 Å². The number of hydrogen-bond donors (Lipinski definition) is 0. The third-order valence-corrected chi connectivity index (χ3v) is 5.37. The SMILES string of the molecule is COCCN(CCc1csc2nc(-c3ccccc3)cn12)C(=O)C(C)(C)C. The summed E-state index contributed by atoms with van der Waals surface area (Å²) in [4.78, 5) is 20.4. The van der Waals surface area contributed by atoms with Gasteiger partial charge in [-0.2, -0.15) is 0 Å². The van der Waals surface area contributed by atoms with Crippen LogP contribution in [0, 0.1) is 5.41 Å². The Morgan fingerprint density at radius 2 is 1.96 bits per heavy atom. The fourth-order valence-corrected chi connectivity index (χ4v) is 3.90. The predicted octanol–water partition coefficient (Wildman–Crippen LogP) is 4.13. The van der Waals surface area contributed by atoms with E-state index in [9.17, 15) is 4.79 Å². The van der Waals surface area contributed by atoms with Gasteiger partial charge in [-0.1, -0.05) is 51.1 Å². The summed E-state index contributed by atoms with van der Waals surface area (Å²) in [5.74, 6) is 0.154. The van der Waals surface area contributed by atoms with Crippen molar-refractivity contribution < 1.29 is 9.53 Å². The molecule has 0 spiro atoms. The third-order valence-electron chi connectivity index (χ3n) is 4.48. The molecule has 0 atom stereocenters. The first-order chi connectivity index (χ1) is 12.9. The molecule has 0 aliphatic rings. The Morgan fingerprint density at radius 3 is 2.63 bits per heavy atom. The van der Waals surface area contributed by atoms with Gasteiger partial charge in [0, 0.05) is 54.9 Å². The van der Waals surface area contributed by atoms with Crippen molar-refractivity contribution >= 4 is 22.2 Å². The van der Waals surface area contributed by atoms with E-state index < -0.39 is 5.41 Å². The van der Waals surface area contributed by atoms with E-state index in [-0.39, 0.29) is 5.91 Å². The highest BCUT2D eigenvalue weighted by atomic mass is 32.1. The minimum absolute atomic E-state index is 0.154. The molecular weight excluding hydrogens is 358 g/mol. The molecule has 0 radical (unpaired) electrons. The molecule has 2 heterocycles. The fraction of sp³-hybridized carbons (Fsp3) is 0.429. The van der Waals surface area contributed by atoms with E-state index in [1.807, 2.05) is 43.9 Å². The van der Waals surface area contributed by atoms with Crippen LogP contribution in [0.25, 0.3) is 16.2 Å². The van der Waals surface area contributed by atoms with E-state index in [1.54, 1.807) is 18.4 Å². The van der Waals surface area contributed by atoms with Crippen molar-refractivity contribution in [3.05, 3.63) is 47.6 Å². The monoisotopic (exact) mass is 385 g/mol. The number of rotatable bonds is 7. The van der Waals surface area contributed by atoms with Gasteiger partial charge in [0.15, 0.2) is 4.96 Å². The van der Waals surface area contributed by atoms with Gasteiger partial charge in [0.25, 0.3) is 0 Å². The first-order valence-electron chi connectivity index (χ1n) is 9.19. The van der Waals surface area contributed by atoms with Gasteiger partial charge >= 0.3 is 0 Å². The molecule has 5 nitrogen and oxygen atoms in total. The third kappa shape index (κ3) is 4.57. The maximum Gasteiger partial charge on any atom is 0.228 e. The first kappa shape index (κ1) is 19.6. The highest BCUT2D eigenvalue weighted by Gasteiger charge is 2.27. The summed E-state index contributed by atoms with van der Waals surface area (Å²) < 4.78 is 7.33. The first-order valence-corrected chi connectivity index (χ1v) is 10.1. The zero-order valence-corrected chi connectivity index (χ0v) is 17.3. The maximum atomic E-state index is 12.7. The van der Waals surface area contributed by atoms with E-state index in [4.69, 9.17) is 9.72 Å². The molecule has 6 heteroatoms. The van der Waals surface area contributed by atoms with Crippen molar-refractivity contribution in [1.29, 1.82) is 0 Å². The molecule has 144 valence electrons. The van der Waals surface area contributed by atoms with Crippen molar-refractivity contribution in [3.63, 3.8) is 0 Å². The second-order valence-electron chi connectivity index (χ2n) is 7.66. The van der Waals surface area contributed by atoms with Crippen molar-refractivity contribution in [2.45, 2.75) is 27.2 Å². The Morgan fingerprint density at radius 1 is 1.22 bits per heavy atom. The lowest BCUT2D eigenvalue weighted by Crippen LogP contribution is -2.42. The van der Waals surface area contributed by atoms with Gasteiger partial charge in [-0.3, -0.25) is 9.20 Å². The number of thiazole rings is 1. The van der Waals surface area contributed by atoms with Crippen LogP contribution < -0.4 is 0 Å². The van der Waals surface area contributed by atoms with Gasteiger partial charge in [0.2, 0.25) is 5.91 Å². The topological polar surface area (TPSA) is 46.8 Å². The highest BCUT2D eigenvalue weighted by Crippen LogP contribution is 2.24. The second-order valence-corrected chi connectivity index (χ2v) is 8.49. The summed E-state index contributed by atoms with van der Waals surface area (Å²) >= 11 is 1.64. The summed E-state index contributed by atoms with van der Waals surface area (Å²) in [6.45, 7) is 7.70. The average Bonchev–Trinajstić information content (AvgIpc) is 3.22. The number of amides is 1. The van der Waals surface area contributed by atoms with Gasteiger partial charge < -0.3 is 9.64 Å². The summed E-state index contributed by atoms with van der Waals surface area (Å²) in [5.41, 5.74) is 2.87. The zero-order chi connectivity index (χ0) is 19.4. The van der Waals surface area contributed by atoms with Crippen LogP contribution in [0.3, 0.4) is 0 Å². The average molecular weight is 386 g/mol. The predicted molar refractivity (Wildman–Crippen MR) is 110 cm³/mol. The molecular formula is C21H27N3O2S. The normalized spacial score (nSPS) is 11.9. The lowest BCUT2D eigenvalue weighted by atomic mass is 9.94. The molecule has 0 saturated heterocycles. The summed E-state index contributed by atoms with van der Waals surface area (Å²) in [5, 5.41) is 2.13. The van der Waals surface area contributed by atoms with E-state index in [2.05, 4.69) is 28.1 Å². The summed E-state index contributed by atoms with van der Waals surface area (Å²) in [6.07, 6.45) is 2.87. The zero-order valence-electron chi connectivity index (χ0n) is 16.4. The van der Waals surface area contributed by atoms with Gasteiger partial charge in [0.1, 0.15) is 0 Å². The van der Waals surface area contributed by atoms with Gasteiger partial charge in [-0.25, -0.2) is 4.98 Å². The van der Waals surface area contributed by atoms with E-state index >= 15 is 0 Å². The smallest absolute Gasteiger partial charge is 0.228 e. The van der Waals surface area contributed by atoms with Crippen molar-refractivity contribution in [1.82, 2.24) is 14.3 Å².